The number of carbonyl (C=O) groups is 1. The van der Waals surface area contributed by atoms with E-state index in [1.54, 1.807) is 0 Å². The normalized spacial score (nSPS) is 54.1. The van der Waals surface area contributed by atoms with E-state index in [1.807, 2.05) is 0 Å². The van der Waals surface area contributed by atoms with Gasteiger partial charge in [-0.15, -0.1) is 0 Å². The molecule has 0 saturated heterocycles. The van der Waals surface area contributed by atoms with Crippen LogP contribution in [0.4, 0.5) is 0 Å². The Kier molecular flexibility index (Phi) is 1.97. The Morgan fingerprint density at radius 1 is 1.25 bits per heavy atom. The smallest absolute Gasteiger partial charge is 0.137 e. The molecule has 0 aliphatic heterocycles. The molecule has 3 aliphatic rings. The highest BCUT2D eigenvalue weighted by atomic mass is 16.1. The standard InChI is InChI=1S/C15H24O/c1-9-5-6-15-8-11(9)14(3,4)13(15)12(16)7-10(15)2/h9-11,13H,5-8H2,1-4H3. The van der Waals surface area contributed by atoms with Crippen molar-refractivity contribution in [1.82, 2.24) is 0 Å². The van der Waals surface area contributed by atoms with Crippen molar-refractivity contribution < 1.29 is 4.79 Å². The van der Waals surface area contributed by atoms with Gasteiger partial charge in [0.25, 0.3) is 0 Å². The summed E-state index contributed by atoms with van der Waals surface area (Å²) >= 11 is 0. The average molecular weight is 220 g/mol. The number of Topliss-reactive ketones (excluding diaryl/α,β-unsaturated/α-hetero) is 1. The summed E-state index contributed by atoms with van der Waals surface area (Å²) in [6, 6.07) is 0. The monoisotopic (exact) mass is 220 g/mol. The van der Waals surface area contributed by atoms with Gasteiger partial charge in [0, 0.05) is 12.3 Å². The van der Waals surface area contributed by atoms with E-state index in [2.05, 4.69) is 27.7 Å². The summed E-state index contributed by atoms with van der Waals surface area (Å²) in [7, 11) is 0. The molecule has 0 aromatic heterocycles. The Labute approximate surface area is 99.0 Å². The molecule has 0 radical (unpaired) electrons. The van der Waals surface area contributed by atoms with Crippen LogP contribution >= 0.6 is 0 Å². The van der Waals surface area contributed by atoms with E-state index in [4.69, 9.17) is 0 Å². The Bertz CT molecular complexity index is 343. The Balaban J connectivity index is 2.11. The first kappa shape index (κ1) is 10.8. The van der Waals surface area contributed by atoms with Gasteiger partial charge in [-0.05, 0) is 47.8 Å². The second-order valence-corrected chi connectivity index (χ2v) is 7.39. The van der Waals surface area contributed by atoms with E-state index in [9.17, 15) is 4.79 Å². The fourth-order valence-electron chi connectivity index (χ4n) is 5.71. The summed E-state index contributed by atoms with van der Waals surface area (Å²) < 4.78 is 0. The summed E-state index contributed by atoms with van der Waals surface area (Å²) in [4.78, 5) is 12.3. The lowest BCUT2D eigenvalue weighted by atomic mass is 9.66. The second-order valence-electron chi connectivity index (χ2n) is 7.39. The summed E-state index contributed by atoms with van der Waals surface area (Å²) in [5.41, 5.74) is 0.662. The summed E-state index contributed by atoms with van der Waals surface area (Å²) in [6.45, 7) is 9.45. The maximum atomic E-state index is 12.3. The minimum Gasteiger partial charge on any atom is -0.299 e. The largest absolute Gasteiger partial charge is 0.299 e. The Hall–Kier alpha value is -0.330. The van der Waals surface area contributed by atoms with Gasteiger partial charge in [0.15, 0.2) is 0 Å². The first-order chi connectivity index (χ1) is 7.39. The van der Waals surface area contributed by atoms with Crippen LogP contribution in [-0.2, 0) is 4.79 Å². The first-order valence-corrected chi connectivity index (χ1v) is 6.92. The van der Waals surface area contributed by atoms with Gasteiger partial charge in [-0.2, -0.15) is 0 Å². The Morgan fingerprint density at radius 3 is 2.62 bits per heavy atom. The van der Waals surface area contributed by atoms with Gasteiger partial charge in [0.2, 0.25) is 0 Å². The van der Waals surface area contributed by atoms with Crippen LogP contribution in [0.2, 0.25) is 0 Å². The first-order valence-electron chi connectivity index (χ1n) is 6.92. The van der Waals surface area contributed by atoms with Crippen molar-refractivity contribution in [3.05, 3.63) is 0 Å². The van der Waals surface area contributed by atoms with Gasteiger partial charge >= 0.3 is 0 Å². The fourth-order valence-corrected chi connectivity index (χ4v) is 5.71. The van der Waals surface area contributed by atoms with E-state index in [0.29, 0.717) is 23.0 Å². The lowest BCUT2D eigenvalue weighted by molar-refractivity contribution is -0.125. The van der Waals surface area contributed by atoms with Gasteiger partial charge in [0.1, 0.15) is 5.78 Å². The lowest BCUT2D eigenvalue weighted by Gasteiger charge is -2.38. The average Bonchev–Trinajstić information content (AvgIpc) is 2.54. The minimum absolute atomic E-state index is 0.262. The molecule has 0 N–H and O–H groups in total. The molecule has 0 aromatic rings. The van der Waals surface area contributed by atoms with Gasteiger partial charge in [-0.1, -0.05) is 27.7 Å². The molecular weight excluding hydrogens is 196 g/mol. The molecule has 5 atom stereocenters. The molecule has 1 nitrogen and oxygen atoms in total. The number of ketones is 1. The van der Waals surface area contributed by atoms with Crippen molar-refractivity contribution in [2.24, 2.45) is 34.5 Å². The molecule has 3 saturated carbocycles. The van der Waals surface area contributed by atoms with Crippen LogP contribution in [0.15, 0.2) is 0 Å². The predicted molar refractivity (Wildman–Crippen MR) is 65.0 cm³/mol. The third-order valence-electron chi connectivity index (χ3n) is 6.44. The molecule has 0 aromatic carbocycles. The van der Waals surface area contributed by atoms with Gasteiger partial charge in [-0.25, -0.2) is 0 Å². The van der Waals surface area contributed by atoms with Gasteiger partial charge < -0.3 is 0 Å². The molecular formula is C15H24O. The molecule has 90 valence electrons. The zero-order valence-corrected chi connectivity index (χ0v) is 11.0. The number of hydrogen-bond acceptors (Lipinski definition) is 1. The van der Waals surface area contributed by atoms with Gasteiger partial charge in [0.05, 0.1) is 0 Å². The second kappa shape index (κ2) is 2.91. The summed E-state index contributed by atoms with van der Waals surface area (Å²) in [5, 5.41) is 0. The topological polar surface area (TPSA) is 17.1 Å². The van der Waals surface area contributed by atoms with Crippen LogP contribution in [0.25, 0.3) is 0 Å². The third kappa shape index (κ3) is 1.01. The van der Waals surface area contributed by atoms with E-state index in [0.717, 1.165) is 18.3 Å². The number of rotatable bonds is 0. The van der Waals surface area contributed by atoms with Crippen LogP contribution in [0, 0.1) is 34.5 Å². The molecule has 3 fully saturated rings. The van der Waals surface area contributed by atoms with Crippen molar-refractivity contribution in [2.45, 2.75) is 53.4 Å². The molecule has 0 amide bonds. The maximum absolute atomic E-state index is 12.3. The molecule has 2 bridgehead atoms. The van der Waals surface area contributed by atoms with Crippen LogP contribution in [0.3, 0.4) is 0 Å². The molecule has 16 heavy (non-hydrogen) atoms. The van der Waals surface area contributed by atoms with Crippen molar-refractivity contribution in [1.29, 1.82) is 0 Å². The molecule has 3 rings (SSSR count). The summed E-state index contributed by atoms with van der Waals surface area (Å²) in [6.07, 6.45) is 4.85. The van der Waals surface area contributed by atoms with Crippen molar-refractivity contribution >= 4 is 5.78 Å². The summed E-state index contributed by atoms with van der Waals surface area (Å²) in [5.74, 6) is 3.21. The van der Waals surface area contributed by atoms with Crippen molar-refractivity contribution in [3.8, 4) is 0 Å². The maximum Gasteiger partial charge on any atom is 0.137 e. The van der Waals surface area contributed by atoms with Crippen LogP contribution in [0.1, 0.15) is 53.4 Å². The fraction of sp³-hybridized carbons (Fsp3) is 0.933. The highest BCUT2D eigenvalue weighted by molar-refractivity contribution is 5.86. The van der Waals surface area contributed by atoms with E-state index in [-0.39, 0.29) is 5.41 Å². The quantitative estimate of drug-likeness (QED) is 0.608. The minimum atomic E-state index is 0.262. The molecule has 5 unspecified atom stereocenters. The third-order valence-corrected chi connectivity index (χ3v) is 6.44. The Morgan fingerprint density at radius 2 is 1.94 bits per heavy atom. The molecule has 1 heteroatoms. The highest BCUT2D eigenvalue weighted by Gasteiger charge is 2.67. The van der Waals surface area contributed by atoms with E-state index < -0.39 is 0 Å². The van der Waals surface area contributed by atoms with Crippen molar-refractivity contribution in [2.75, 3.05) is 0 Å². The number of hydrogen-bond donors (Lipinski definition) is 0. The predicted octanol–water partition coefficient (Wildman–Crippen LogP) is 3.67. The zero-order valence-electron chi connectivity index (χ0n) is 11.0. The number of carbonyl (C=O) groups excluding carboxylic acids is 1. The van der Waals surface area contributed by atoms with E-state index >= 15 is 0 Å². The lowest BCUT2D eigenvalue weighted by Crippen LogP contribution is -2.33. The molecule has 1 spiro atoms. The number of fused-ring (bicyclic) bond motifs is 1. The molecule has 0 heterocycles. The van der Waals surface area contributed by atoms with E-state index in [1.165, 1.54) is 19.3 Å². The van der Waals surface area contributed by atoms with Crippen LogP contribution < -0.4 is 0 Å². The highest BCUT2D eigenvalue weighted by Crippen LogP contribution is 2.71. The SMILES string of the molecule is CC1CCC23CC1C(C)(C)C2C(=O)CC3C. The zero-order chi connectivity index (χ0) is 11.7. The van der Waals surface area contributed by atoms with Crippen molar-refractivity contribution in [3.63, 3.8) is 0 Å². The van der Waals surface area contributed by atoms with Crippen LogP contribution in [0.5, 0.6) is 0 Å². The molecule has 3 aliphatic carbocycles. The van der Waals surface area contributed by atoms with Gasteiger partial charge in [-0.3, -0.25) is 4.79 Å². The van der Waals surface area contributed by atoms with Crippen LogP contribution in [-0.4, -0.2) is 5.78 Å².